The van der Waals surface area contributed by atoms with E-state index in [-0.39, 0.29) is 6.42 Å². The molecule has 1 saturated heterocycles. The lowest BCUT2D eigenvalue weighted by Gasteiger charge is -2.02. The maximum Gasteiger partial charge on any atom is 0.393 e. The van der Waals surface area contributed by atoms with Crippen molar-refractivity contribution < 1.29 is 22.3 Å². The van der Waals surface area contributed by atoms with Gasteiger partial charge < -0.3 is 0 Å². The predicted octanol–water partition coefficient (Wildman–Crippen LogP) is 1.51. The second kappa shape index (κ2) is 2.89. The second-order valence-electron chi connectivity index (χ2n) is 2.13. The van der Waals surface area contributed by atoms with Crippen LogP contribution in [0.5, 0.6) is 0 Å². The first-order valence-corrected chi connectivity index (χ1v) is 4.73. The highest BCUT2D eigenvalue weighted by Gasteiger charge is 2.32. The van der Waals surface area contributed by atoms with E-state index in [1.54, 1.807) is 0 Å². The van der Waals surface area contributed by atoms with Crippen molar-refractivity contribution in [2.75, 3.05) is 0 Å². The minimum Gasteiger partial charge on any atom is -0.261 e. The average Bonchev–Trinajstić information content (AvgIpc) is 2.45. The molecular weight excluding hydrogens is 165 g/mol. The van der Waals surface area contributed by atoms with Gasteiger partial charge in [0.05, 0.1) is 0 Å². The molecule has 0 aromatic rings. The average molecular weight is 172 g/mol. The van der Waals surface area contributed by atoms with Gasteiger partial charge in [0.2, 0.25) is 0 Å². The summed E-state index contributed by atoms with van der Waals surface area (Å²) in [7, 11) is -1.51. The molecule has 6 heteroatoms. The molecule has 0 aromatic heterocycles. The Hall–Kier alpha value is -0.0731. The van der Waals surface area contributed by atoms with Crippen molar-refractivity contribution in [2.24, 2.45) is 0 Å². The van der Waals surface area contributed by atoms with E-state index in [9.17, 15) is 13.2 Å². The van der Waals surface area contributed by atoms with E-state index >= 15 is 0 Å². The first-order chi connectivity index (χ1) is 4.58. The molecule has 0 N–H and O–H groups in total. The molecule has 10 heavy (non-hydrogen) atoms. The fraction of sp³-hybridized carbons (Fsp3) is 1.00. The lowest BCUT2D eigenvalue weighted by molar-refractivity contribution is -0.134. The standard InChI is InChI=1S/C4H7F3O2Si/c5-4(6,7)2-1-3-10-8-9-10/h10H,1-3H2. The molecule has 2 nitrogen and oxygen atoms in total. The predicted molar refractivity (Wildman–Crippen MR) is 29.4 cm³/mol. The van der Waals surface area contributed by atoms with Gasteiger partial charge >= 0.3 is 15.5 Å². The summed E-state index contributed by atoms with van der Waals surface area (Å²) >= 11 is 0. The van der Waals surface area contributed by atoms with Crippen LogP contribution >= 0.6 is 0 Å². The van der Waals surface area contributed by atoms with Crippen molar-refractivity contribution in [3.63, 3.8) is 0 Å². The third kappa shape index (κ3) is 3.86. The van der Waals surface area contributed by atoms with Crippen LogP contribution in [0.4, 0.5) is 13.2 Å². The van der Waals surface area contributed by atoms with Gasteiger partial charge in [-0.3, -0.25) is 9.15 Å². The Morgan fingerprint density at radius 1 is 1.20 bits per heavy atom. The van der Waals surface area contributed by atoms with E-state index in [4.69, 9.17) is 0 Å². The Bertz CT molecular complexity index is 112. The Morgan fingerprint density at radius 2 is 1.80 bits per heavy atom. The number of rotatable bonds is 3. The lowest BCUT2D eigenvalue weighted by Crippen LogP contribution is -2.07. The summed E-state index contributed by atoms with van der Waals surface area (Å²) < 4.78 is 43.2. The number of halogens is 3. The quantitative estimate of drug-likeness (QED) is 0.366. The lowest BCUT2D eigenvalue weighted by atomic mass is 10.3. The maximum atomic E-state index is 11.5. The highest BCUT2D eigenvalue weighted by molar-refractivity contribution is 6.49. The summed E-state index contributed by atoms with van der Waals surface area (Å²) in [5.41, 5.74) is 0. The van der Waals surface area contributed by atoms with Crippen LogP contribution in [0.1, 0.15) is 12.8 Å². The van der Waals surface area contributed by atoms with Crippen LogP contribution in [-0.2, 0) is 9.15 Å². The molecule has 0 bridgehead atoms. The Kier molecular flexibility index (Phi) is 2.32. The van der Waals surface area contributed by atoms with Crippen molar-refractivity contribution in [3.8, 4) is 0 Å². The van der Waals surface area contributed by atoms with Gasteiger partial charge in [-0.05, 0) is 12.5 Å². The first-order valence-electron chi connectivity index (χ1n) is 2.97. The second-order valence-corrected chi connectivity index (χ2v) is 3.95. The molecule has 1 aliphatic heterocycles. The van der Waals surface area contributed by atoms with Gasteiger partial charge in [0.15, 0.2) is 0 Å². The van der Waals surface area contributed by atoms with Gasteiger partial charge in [-0.15, -0.1) is 0 Å². The first kappa shape index (κ1) is 8.03. The minimum atomic E-state index is -4.02. The van der Waals surface area contributed by atoms with E-state index in [0.717, 1.165) is 0 Å². The van der Waals surface area contributed by atoms with Crippen LogP contribution in [-0.4, -0.2) is 15.5 Å². The monoisotopic (exact) mass is 172 g/mol. The van der Waals surface area contributed by atoms with E-state index in [1.807, 2.05) is 0 Å². The zero-order valence-electron chi connectivity index (χ0n) is 5.15. The van der Waals surface area contributed by atoms with Crippen molar-refractivity contribution in [3.05, 3.63) is 0 Å². The Labute approximate surface area is 57.7 Å². The summed E-state index contributed by atoms with van der Waals surface area (Å²) in [5.74, 6) is 0. The van der Waals surface area contributed by atoms with Gasteiger partial charge in [0.25, 0.3) is 0 Å². The van der Waals surface area contributed by atoms with E-state index in [0.29, 0.717) is 6.04 Å². The molecule has 1 fully saturated rings. The molecule has 0 spiro atoms. The fourth-order valence-corrected chi connectivity index (χ4v) is 1.65. The molecule has 1 aliphatic rings. The van der Waals surface area contributed by atoms with Crippen molar-refractivity contribution in [1.82, 2.24) is 0 Å². The zero-order chi connectivity index (χ0) is 7.61. The van der Waals surface area contributed by atoms with Crippen LogP contribution in [0.2, 0.25) is 6.04 Å². The van der Waals surface area contributed by atoms with Crippen molar-refractivity contribution in [1.29, 1.82) is 0 Å². The highest BCUT2D eigenvalue weighted by Crippen LogP contribution is 2.25. The summed E-state index contributed by atoms with van der Waals surface area (Å²) in [5, 5.41) is 0. The molecule has 0 aromatic carbocycles. The van der Waals surface area contributed by atoms with Gasteiger partial charge in [0, 0.05) is 6.42 Å². The van der Waals surface area contributed by atoms with Crippen molar-refractivity contribution in [2.45, 2.75) is 25.1 Å². The van der Waals surface area contributed by atoms with E-state index < -0.39 is 21.9 Å². The number of alkyl halides is 3. The van der Waals surface area contributed by atoms with Crippen LogP contribution in [0.3, 0.4) is 0 Å². The fourth-order valence-electron chi connectivity index (χ4n) is 0.605. The Balaban J connectivity index is 1.93. The third-order valence-electron chi connectivity index (χ3n) is 1.13. The Morgan fingerprint density at radius 3 is 2.20 bits per heavy atom. The zero-order valence-corrected chi connectivity index (χ0v) is 6.30. The molecule has 0 atom stereocenters. The molecule has 0 unspecified atom stereocenters. The van der Waals surface area contributed by atoms with Gasteiger partial charge in [0.1, 0.15) is 0 Å². The summed E-state index contributed by atoms with van der Waals surface area (Å²) in [6.07, 6.45) is -4.60. The smallest absolute Gasteiger partial charge is 0.261 e. The van der Waals surface area contributed by atoms with Gasteiger partial charge in [-0.25, -0.2) is 0 Å². The molecule has 0 radical (unpaired) electrons. The largest absolute Gasteiger partial charge is 0.393 e. The molecule has 60 valence electrons. The molecule has 1 heterocycles. The van der Waals surface area contributed by atoms with Gasteiger partial charge in [-0.2, -0.15) is 13.2 Å². The molecule has 0 amide bonds. The molecule has 0 saturated carbocycles. The van der Waals surface area contributed by atoms with E-state index in [2.05, 4.69) is 9.15 Å². The van der Waals surface area contributed by atoms with Crippen molar-refractivity contribution >= 4 is 9.28 Å². The summed E-state index contributed by atoms with van der Waals surface area (Å²) in [6, 6.07) is 0.472. The maximum absolute atomic E-state index is 11.5. The van der Waals surface area contributed by atoms with E-state index in [1.165, 1.54) is 0 Å². The molecule has 0 aliphatic carbocycles. The molecular formula is C4H7F3O2Si. The summed E-state index contributed by atoms with van der Waals surface area (Å²) in [4.78, 5) is 0. The number of hydrogen-bond donors (Lipinski definition) is 0. The number of hydrogen-bond acceptors (Lipinski definition) is 2. The van der Waals surface area contributed by atoms with Crippen LogP contribution in [0, 0.1) is 0 Å². The topological polar surface area (TPSA) is 25.1 Å². The highest BCUT2D eigenvalue weighted by atomic mass is 28.3. The van der Waals surface area contributed by atoms with Crippen LogP contribution in [0.15, 0.2) is 0 Å². The normalized spacial score (nSPS) is 19.5. The SMILES string of the molecule is FC(F)(F)CCC[SiH]1OO1. The van der Waals surface area contributed by atoms with Crippen LogP contribution < -0.4 is 0 Å². The van der Waals surface area contributed by atoms with Gasteiger partial charge in [-0.1, -0.05) is 0 Å². The third-order valence-corrected chi connectivity index (χ3v) is 2.48. The molecule has 1 rings (SSSR count). The summed E-state index contributed by atoms with van der Waals surface area (Å²) in [6.45, 7) is 0. The van der Waals surface area contributed by atoms with Crippen LogP contribution in [0.25, 0.3) is 0 Å². The minimum absolute atomic E-state index is 0.139.